The second-order valence-corrected chi connectivity index (χ2v) is 33.5. The lowest BCUT2D eigenvalue weighted by Crippen LogP contribution is -2.30. The zero-order valence-electron chi connectivity index (χ0n) is 66.9. The highest BCUT2D eigenvalue weighted by molar-refractivity contribution is 7.47. The van der Waals surface area contributed by atoms with Gasteiger partial charge in [-0.05, 0) is 37.5 Å². The van der Waals surface area contributed by atoms with E-state index in [0.717, 1.165) is 102 Å². The molecule has 6 atom stereocenters. The summed E-state index contributed by atoms with van der Waals surface area (Å²) < 4.78 is 68.8. The molecule has 0 fully saturated rings. The average Bonchev–Trinajstić information content (AvgIpc) is 0.913. The predicted molar refractivity (Wildman–Crippen MR) is 418 cm³/mol. The molecule has 0 aliphatic heterocycles. The summed E-state index contributed by atoms with van der Waals surface area (Å²) in [5, 5.41) is 10.7. The summed E-state index contributed by atoms with van der Waals surface area (Å²) in [5.74, 6) is -0.510. The van der Waals surface area contributed by atoms with Crippen molar-refractivity contribution in [3.05, 3.63) is 0 Å². The molecule has 17 nitrogen and oxygen atoms in total. The molecule has 0 saturated heterocycles. The highest BCUT2D eigenvalue weighted by Gasteiger charge is 2.30. The van der Waals surface area contributed by atoms with Gasteiger partial charge in [-0.2, -0.15) is 0 Å². The van der Waals surface area contributed by atoms with Gasteiger partial charge in [0, 0.05) is 25.7 Å². The minimum absolute atomic E-state index is 0.108. The molecule has 3 unspecified atom stereocenters. The van der Waals surface area contributed by atoms with Gasteiger partial charge in [0.25, 0.3) is 0 Å². The van der Waals surface area contributed by atoms with Gasteiger partial charge < -0.3 is 33.8 Å². The summed E-state index contributed by atoms with van der Waals surface area (Å²) in [6.45, 7) is 9.69. The number of rotatable bonds is 82. The molecule has 19 heteroatoms. The zero-order chi connectivity index (χ0) is 74.9. The second-order valence-electron chi connectivity index (χ2n) is 30.6. The number of carbonyl (C=O) groups is 4. The Morgan fingerprint density at radius 3 is 0.745 bits per heavy atom. The second kappa shape index (κ2) is 74.5. The first kappa shape index (κ1) is 100. The normalized spacial score (nSPS) is 14.1. The highest BCUT2D eigenvalue weighted by atomic mass is 31.2. The molecule has 3 N–H and O–H groups in total. The number of hydrogen-bond acceptors (Lipinski definition) is 15. The lowest BCUT2D eigenvalue weighted by molar-refractivity contribution is -0.161. The van der Waals surface area contributed by atoms with E-state index in [1.807, 2.05) is 0 Å². The molecule has 0 aliphatic rings. The van der Waals surface area contributed by atoms with Gasteiger partial charge in [0.15, 0.2) is 12.2 Å². The van der Waals surface area contributed by atoms with Crippen molar-refractivity contribution in [3.63, 3.8) is 0 Å². The summed E-state index contributed by atoms with van der Waals surface area (Å²) in [5.41, 5.74) is 0. The van der Waals surface area contributed by atoms with Crippen LogP contribution < -0.4 is 0 Å². The smallest absolute Gasteiger partial charge is 0.462 e. The number of phosphoric ester groups is 2. The van der Waals surface area contributed by atoms with Crippen molar-refractivity contribution in [2.75, 3.05) is 39.6 Å². The van der Waals surface area contributed by atoms with Crippen molar-refractivity contribution in [1.82, 2.24) is 0 Å². The molecule has 606 valence electrons. The van der Waals surface area contributed by atoms with E-state index in [-0.39, 0.29) is 25.7 Å². The summed E-state index contributed by atoms with van der Waals surface area (Å²) >= 11 is 0. The number of aliphatic hydroxyl groups is 1. The van der Waals surface area contributed by atoms with Crippen LogP contribution in [0, 0.1) is 11.8 Å². The van der Waals surface area contributed by atoms with Crippen LogP contribution in [0.4, 0.5) is 0 Å². The Kier molecular flexibility index (Phi) is 73.1. The Bertz CT molecular complexity index is 1960. The molecule has 0 aromatic carbocycles. The first-order chi connectivity index (χ1) is 49.4. The van der Waals surface area contributed by atoms with E-state index in [9.17, 15) is 43.2 Å². The Morgan fingerprint density at radius 2 is 0.500 bits per heavy atom. The van der Waals surface area contributed by atoms with Crippen LogP contribution in [0.1, 0.15) is 440 Å². The number of aliphatic hydroxyl groups excluding tert-OH is 1. The van der Waals surface area contributed by atoms with E-state index in [1.165, 1.54) is 257 Å². The van der Waals surface area contributed by atoms with Gasteiger partial charge in [0.2, 0.25) is 0 Å². The van der Waals surface area contributed by atoms with Gasteiger partial charge in [-0.1, -0.05) is 388 Å². The molecule has 0 aromatic heterocycles. The quantitative estimate of drug-likeness (QED) is 0.0222. The standard InChI is InChI=1S/C83H162O17P2/c1-7-10-12-14-16-18-20-22-23-24-25-26-27-33-37-43-50-56-62-68-83(88)99-78(71-93-80(85)65-59-53-47-41-35-32-29-28-31-34-40-46-52-58-64-76(6)9-3)73-97-101(89,90)95-69-77(84)70-96-102(91,92)98-74-79(72-94-81(86)66-60-54-48-44-38-39-45-51-57-63-75(4)5)100-82(87)67-61-55-49-42-36-30-21-19-17-15-13-11-8-2/h75-79,84H,7-74H2,1-6H3,(H,89,90)(H,91,92)/t76?,77-,78-,79-/m1/s1. The van der Waals surface area contributed by atoms with E-state index in [0.29, 0.717) is 25.7 Å². The summed E-state index contributed by atoms with van der Waals surface area (Å²) in [6.07, 6.45) is 65.1. The molecule has 0 aliphatic carbocycles. The van der Waals surface area contributed by atoms with Crippen LogP contribution in [-0.2, 0) is 65.4 Å². The van der Waals surface area contributed by atoms with Crippen molar-refractivity contribution in [2.24, 2.45) is 11.8 Å². The van der Waals surface area contributed by atoms with E-state index < -0.39 is 97.5 Å². The third kappa shape index (κ3) is 74.9. The minimum Gasteiger partial charge on any atom is -0.462 e. The van der Waals surface area contributed by atoms with E-state index in [1.54, 1.807) is 0 Å². The van der Waals surface area contributed by atoms with Crippen LogP contribution >= 0.6 is 15.6 Å². The van der Waals surface area contributed by atoms with E-state index >= 15 is 0 Å². The monoisotopic (exact) mass is 1490 g/mol. The molecule has 102 heavy (non-hydrogen) atoms. The predicted octanol–water partition coefficient (Wildman–Crippen LogP) is 25.1. The molecule has 0 bridgehead atoms. The fraction of sp³-hybridized carbons (Fsp3) is 0.952. The molecule has 0 rings (SSSR count). The maximum absolute atomic E-state index is 13.1. The number of hydrogen-bond donors (Lipinski definition) is 3. The minimum atomic E-state index is -4.96. The summed E-state index contributed by atoms with van der Waals surface area (Å²) in [4.78, 5) is 73.1. The van der Waals surface area contributed by atoms with Crippen molar-refractivity contribution in [3.8, 4) is 0 Å². The third-order valence-electron chi connectivity index (χ3n) is 19.8. The largest absolute Gasteiger partial charge is 0.472 e. The van der Waals surface area contributed by atoms with Crippen molar-refractivity contribution >= 4 is 39.5 Å². The molecule has 0 radical (unpaired) electrons. The lowest BCUT2D eigenvalue weighted by atomic mass is 9.99. The number of phosphoric acid groups is 2. The Morgan fingerprint density at radius 1 is 0.284 bits per heavy atom. The Labute approximate surface area is 626 Å². The van der Waals surface area contributed by atoms with Gasteiger partial charge in [-0.25, -0.2) is 9.13 Å². The number of unbranched alkanes of at least 4 members (excludes halogenated alkanes) is 51. The van der Waals surface area contributed by atoms with Crippen LogP contribution in [0.15, 0.2) is 0 Å². The number of esters is 4. The van der Waals surface area contributed by atoms with Gasteiger partial charge in [-0.15, -0.1) is 0 Å². The van der Waals surface area contributed by atoms with Gasteiger partial charge in [0.1, 0.15) is 19.3 Å². The first-order valence-corrected chi connectivity index (χ1v) is 46.0. The van der Waals surface area contributed by atoms with Crippen LogP contribution in [0.2, 0.25) is 0 Å². The van der Waals surface area contributed by atoms with E-state index in [4.69, 9.17) is 37.0 Å². The zero-order valence-corrected chi connectivity index (χ0v) is 68.7. The molecular formula is C83H162O17P2. The first-order valence-electron chi connectivity index (χ1n) is 43.0. The highest BCUT2D eigenvalue weighted by Crippen LogP contribution is 2.45. The molecule has 0 aromatic rings. The average molecular weight is 1490 g/mol. The van der Waals surface area contributed by atoms with Crippen LogP contribution in [0.5, 0.6) is 0 Å². The van der Waals surface area contributed by atoms with Gasteiger partial charge >= 0.3 is 39.5 Å². The Balaban J connectivity index is 5.25. The van der Waals surface area contributed by atoms with Crippen molar-refractivity contribution < 1.29 is 80.2 Å². The van der Waals surface area contributed by atoms with Crippen LogP contribution in [0.3, 0.4) is 0 Å². The lowest BCUT2D eigenvalue weighted by Gasteiger charge is -2.21. The van der Waals surface area contributed by atoms with Crippen molar-refractivity contribution in [1.29, 1.82) is 0 Å². The SMILES string of the molecule is CCCCCCCCCCCCCCCCCCCCCC(=O)O[C@H](COC(=O)CCCCCCCCCCCCCCCCC(C)CC)COP(=O)(O)OC[C@@H](O)COP(=O)(O)OC[C@@H](COC(=O)CCCCCCCCCCCC(C)C)OC(=O)CCCCCCCCCCCCCCC. The van der Waals surface area contributed by atoms with Gasteiger partial charge in [-0.3, -0.25) is 37.3 Å². The summed E-state index contributed by atoms with van der Waals surface area (Å²) in [6, 6.07) is 0. The molecular weight excluding hydrogens is 1330 g/mol. The Hall–Kier alpha value is -1.94. The van der Waals surface area contributed by atoms with E-state index in [2.05, 4.69) is 41.5 Å². The van der Waals surface area contributed by atoms with Crippen LogP contribution in [0.25, 0.3) is 0 Å². The summed E-state index contributed by atoms with van der Waals surface area (Å²) in [7, 11) is -9.92. The topological polar surface area (TPSA) is 237 Å². The third-order valence-corrected chi connectivity index (χ3v) is 21.7. The number of carbonyl (C=O) groups excluding carboxylic acids is 4. The van der Waals surface area contributed by atoms with Crippen molar-refractivity contribution in [2.45, 2.75) is 458 Å². The molecule has 0 heterocycles. The fourth-order valence-electron chi connectivity index (χ4n) is 12.9. The molecule has 0 spiro atoms. The van der Waals surface area contributed by atoms with Crippen LogP contribution in [-0.4, -0.2) is 96.7 Å². The molecule has 0 amide bonds. The fourth-order valence-corrected chi connectivity index (χ4v) is 14.4. The molecule has 0 saturated carbocycles. The number of ether oxygens (including phenoxy) is 4. The van der Waals surface area contributed by atoms with Gasteiger partial charge in [0.05, 0.1) is 26.4 Å². The maximum Gasteiger partial charge on any atom is 0.472 e. The maximum atomic E-state index is 13.1.